The molecule has 0 bridgehead atoms. The lowest BCUT2D eigenvalue weighted by Crippen LogP contribution is -2.27. The van der Waals surface area contributed by atoms with Crippen LogP contribution in [0.1, 0.15) is 31.1 Å². The molecule has 1 N–H and O–H groups in total. The number of anilines is 1. The van der Waals surface area contributed by atoms with Crippen LogP contribution in [0.2, 0.25) is 0 Å². The molecule has 0 fully saturated rings. The van der Waals surface area contributed by atoms with E-state index in [-0.39, 0.29) is 11.5 Å². The molecule has 0 radical (unpaired) electrons. The highest BCUT2D eigenvalue weighted by Crippen LogP contribution is 2.10. The molecule has 1 heterocycles. The summed E-state index contributed by atoms with van der Waals surface area (Å²) in [7, 11) is 0. The third-order valence-electron chi connectivity index (χ3n) is 1.75. The molecule has 0 atom stereocenters. The zero-order valence-electron chi connectivity index (χ0n) is 10.6. The fourth-order valence-corrected chi connectivity index (χ4v) is 1.04. The van der Waals surface area contributed by atoms with E-state index >= 15 is 0 Å². The van der Waals surface area contributed by atoms with E-state index in [2.05, 4.69) is 15.3 Å². The van der Waals surface area contributed by atoms with Gasteiger partial charge in [0.15, 0.2) is 0 Å². The Morgan fingerprint density at radius 2 is 1.79 bits per heavy atom. The molecular weight excluding hydrogens is 260 g/mol. The monoisotopic (exact) mass is 273 g/mol. The first-order chi connectivity index (χ1) is 8.69. The first-order valence-electron chi connectivity index (χ1n) is 5.33. The van der Waals surface area contributed by atoms with E-state index in [1.54, 1.807) is 20.8 Å². The normalized spacial score (nSPS) is 11.3. The summed E-state index contributed by atoms with van der Waals surface area (Å²) >= 11 is 0. The molecule has 0 aromatic carbocycles. The predicted octanol–water partition coefficient (Wildman–Crippen LogP) is 2.27. The van der Waals surface area contributed by atoms with E-state index in [9.17, 15) is 18.4 Å². The molecule has 104 valence electrons. The van der Waals surface area contributed by atoms with E-state index < -0.39 is 23.9 Å². The highest BCUT2D eigenvalue weighted by molar-refractivity contribution is 5.98. The Morgan fingerprint density at radius 1 is 1.26 bits per heavy atom. The first-order valence-corrected chi connectivity index (χ1v) is 5.33. The van der Waals surface area contributed by atoms with Gasteiger partial charge in [0.2, 0.25) is 11.7 Å². The lowest BCUT2D eigenvalue weighted by molar-refractivity contribution is 0.0634. The fourth-order valence-electron chi connectivity index (χ4n) is 1.04. The Hall–Kier alpha value is -2.12. The van der Waals surface area contributed by atoms with E-state index in [4.69, 9.17) is 4.74 Å². The maximum atomic E-state index is 12.1. The number of carbonyl (C=O) groups is 2. The molecule has 0 saturated heterocycles. The van der Waals surface area contributed by atoms with Gasteiger partial charge in [-0.05, 0) is 20.8 Å². The molecule has 0 spiro atoms. The maximum Gasteiger partial charge on any atom is 0.414 e. The average molecular weight is 273 g/mol. The Balaban J connectivity index is 2.67. The molecule has 0 saturated carbocycles. The molecule has 0 aliphatic rings. The van der Waals surface area contributed by atoms with E-state index in [1.165, 1.54) is 0 Å². The summed E-state index contributed by atoms with van der Waals surface area (Å²) < 4.78 is 29.2. The molecule has 0 aliphatic heterocycles. The van der Waals surface area contributed by atoms with Crippen molar-refractivity contribution in [1.29, 1.82) is 0 Å². The van der Waals surface area contributed by atoms with Crippen molar-refractivity contribution in [3.8, 4) is 0 Å². The summed E-state index contributed by atoms with van der Waals surface area (Å²) in [5.74, 6) is -1.51. The third kappa shape index (κ3) is 4.94. The number of rotatable bonds is 3. The Labute approximate surface area is 108 Å². The van der Waals surface area contributed by atoms with Crippen LogP contribution in [0.15, 0.2) is 12.4 Å². The van der Waals surface area contributed by atoms with Crippen LogP contribution in [0.25, 0.3) is 0 Å². The molecule has 0 aliphatic carbocycles. The van der Waals surface area contributed by atoms with Crippen molar-refractivity contribution in [3.05, 3.63) is 18.0 Å². The minimum absolute atomic E-state index is 0.139. The van der Waals surface area contributed by atoms with Crippen molar-refractivity contribution in [2.45, 2.75) is 32.8 Å². The second-order valence-corrected chi connectivity index (χ2v) is 4.59. The third-order valence-corrected chi connectivity index (χ3v) is 1.75. The van der Waals surface area contributed by atoms with Crippen molar-refractivity contribution >= 4 is 17.8 Å². The van der Waals surface area contributed by atoms with E-state index in [0.29, 0.717) is 0 Å². The van der Waals surface area contributed by atoms with Gasteiger partial charge in [-0.1, -0.05) is 0 Å². The molecule has 1 aromatic rings. The van der Waals surface area contributed by atoms with Gasteiger partial charge in [0.1, 0.15) is 5.60 Å². The number of hydrogen-bond donors (Lipinski definition) is 1. The molecule has 19 heavy (non-hydrogen) atoms. The fraction of sp³-hybridized carbons (Fsp3) is 0.455. The van der Waals surface area contributed by atoms with Gasteiger partial charge in [0.25, 0.3) is 0 Å². The summed E-state index contributed by atoms with van der Waals surface area (Å²) in [6, 6.07) is 0. The number of aromatic nitrogens is 2. The second-order valence-electron chi connectivity index (χ2n) is 4.59. The minimum atomic E-state index is -3.12. The number of nitrogens with zero attached hydrogens (tertiary/aromatic N) is 2. The van der Waals surface area contributed by atoms with Gasteiger partial charge in [-0.25, -0.2) is 23.5 Å². The quantitative estimate of drug-likeness (QED) is 0.854. The smallest absolute Gasteiger partial charge is 0.414 e. The van der Waals surface area contributed by atoms with Crippen molar-refractivity contribution in [2.75, 3.05) is 5.32 Å². The lowest BCUT2D eigenvalue weighted by Gasteiger charge is -2.19. The average Bonchev–Trinajstić information content (AvgIpc) is 2.26. The number of halogens is 2. The summed E-state index contributed by atoms with van der Waals surface area (Å²) in [6.45, 7) is 5.04. The molecule has 1 amide bonds. The molecule has 1 rings (SSSR count). The minimum Gasteiger partial charge on any atom is -0.444 e. The molecule has 1 aromatic heterocycles. The Kier molecular flexibility index (Phi) is 4.47. The summed E-state index contributed by atoms with van der Waals surface area (Å²) in [5.41, 5.74) is -1.01. The number of carbonyl (C=O) groups excluding carboxylic acids is 2. The lowest BCUT2D eigenvalue weighted by atomic mass is 10.2. The van der Waals surface area contributed by atoms with Gasteiger partial charge in [-0.2, -0.15) is 0 Å². The Bertz CT molecular complexity index is 469. The van der Waals surface area contributed by atoms with Crippen LogP contribution >= 0.6 is 0 Å². The number of ketones is 1. The van der Waals surface area contributed by atoms with Crippen molar-refractivity contribution in [2.24, 2.45) is 0 Å². The van der Waals surface area contributed by atoms with Crippen LogP contribution in [0.5, 0.6) is 0 Å². The number of alkyl halides is 2. The van der Waals surface area contributed by atoms with Crippen LogP contribution in [-0.2, 0) is 4.74 Å². The zero-order valence-corrected chi connectivity index (χ0v) is 10.6. The molecule has 0 unspecified atom stereocenters. The summed E-state index contributed by atoms with van der Waals surface area (Å²) in [4.78, 5) is 29.4. The number of hydrogen-bond acceptors (Lipinski definition) is 5. The van der Waals surface area contributed by atoms with Gasteiger partial charge >= 0.3 is 12.5 Å². The van der Waals surface area contributed by atoms with E-state index in [0.717, 1.165) is 12.4 Å². The van der Waals surface area contributed by atoms with E-state index in [1.807, 2.05) is 0 Å². The highest BCUT2D eigenvalue weighted by atomic mass is 19.3. The number of ether oxygens (including phenoxy) is 1. The topological polar surface area (TPSA) is 81.2 Å². The van der Waals surface area contributed by atoms with Crippen LogP contribution < -0.4 is 5.32 Å². The van der Waals surface area contributed by atoms with Crippen LogP contribution in [0, 0.1) is 0 Å². The maximum absolute atomic E-state index is 12.1. The Morgan fingerprint density at radius 3 is 2.21 bits per heavy atom. The summed E-state index contributed by atoms with van der Waals surface area (Å²) in [6.07, 6.45) is -2.07. The standard InChI is InChI=1S/C11H13F2N3O3/c1-11(2,3)19-10(18)16-9-14-4-6(5-15-9)7(17)8(12)13/h4-5,8H,1-3H3,(H,14,15,16,18). The van der Waals surface area contributed by atoms with Gasteiger partial charge in [0.05, 0.1) is 5.56 Å². The van der Waals surface area contributed by atoms with Crippen LogP contribution in [-0.4, -0.2) is 33.9 Å². The van der Waals surface area contributed by atoms with Crippen molar-refractivity contribution in [3.63, 3.8) is 0 Å². The van der Waals surface area contributed by atoms with Gasteiger partial charge in [-0.15, -0.1) is 0 Å². The van der Waals surface area contributed by atoms with Gasteiger partial charge in [0, 0.05) is 12.4 Å². The number of amides is 1. The summed E-state index contributed by atoms with van der Waals surface area (Å²) in [5, 5.41) is 2.21. The molecule has 8 heteroatoms. The second kappa shape index (κ2) is 5.68. The largest absolute Gasteiger partial charge is 0.444 e. The van der Waals surface area contributed by atoms with Gasteiger partial charge in [-0.3, -0.25) is 10.1 Å². The SMILES string of the molecule is CC(C)(C)OC(=O)Nc1ncc(C(=O)C(F)F)cn1. The van der Waals surface area contributed by atoms with Crippen LogP contribution in [0.3, 0.4) is 0 Å². The molecular formula is C11H13F2N3O3. The van der Waals surface area contributed by atoms with Crippen molar-refractivity contribution < 1.29 is 23.1 Å². The highest BCUT2D eigenvalue weighted by Gasteiger charge is 2.20. The number of Topliss-reactive ketones (excluding diaryl/α,β-unsaturated/α-hetero) is 1. The first kappa shape index (κ1) is 14.9. The van der Waals surface area contributed by atoms with Crippen LogP contribution in [0.4, 0.5) is 19.5 Å². The molecule has 6 nitrogen and oxygen atoms in total. The zero-order chi connectivity index (χ0) is 14.6. The van der Waals surface area contributed by atoms with Gasteiger partial charge < -0.3 is 4.74 Å². The predicted molar refractivity (Wildman–Crippen MR) is 62.2 cm³/mol. The number of nitrogens with one attached hydrogen (secondary N) is 1. The van der Waals surface area contributed by atoms with Crippen molar-refractivity contribution in [1.82, 2.24) is 9.97 Å².